The van der Waals surface area contributed by atoms with E-state index < -0.39 is 12.0 Å². The molecule has 2 aromatic heterocycles. The van der Waals surface area contributed by atoms with E-state index in [0.29, 0.717) is 25.6 Å². The second-order valence-corrected chi connectivity index (χ2v) is 13.9. The van der Waals surface area contributed by atoms with E-state index in [1.165, 1.54) is 32.1 Å². The predicted octanol–water partition coefficient (Wildman–Crippen LogP) is 3.59. The van der Waals surface area contributed by atoms with Crippen LogP contribution in [0.3, 0.4) is 0 Å². The Labute approximate surface area is 296 Å². The second kappa shape index (κ2) is 19.5. The van der Waals surface area contributed by atoms with Crippen molar-refractivity contribution in [3.8, 4) is 0 Å². The van der Waals surface area contributed by atoms with Crippen molar-refractivity contribution >= 4 is 34.5 Å². The first kappa shape index (κ1) is 37.4. The van der Waals surface area contributed by atoms with E-state index in [9.17, 15) is 9.59 Å². The Bertz CT molecular complexity index is 1480. The molecule has 1 amide bonds. The van der Waals surface area contributed by atoms with Crippen LogP contribution >= 0.6 is 0 Å². The highest BCUT2D eigenvalue weighted by atomic mass is 16.5. The lowest BCUT2D eigenvalue weighted by atomic mass is 9.95. The number of esters is 1. The summed E-state index contributed by atoms with van der Waals surface area (Å²) in [7, 11) is 0. The Hall–Kier alpha value is -3.88. The number of nitrogens with two attached hydrogens (primary N) is 1. The molecule has 2 fully saturated rings. The Morgan fingerprint density at radius 1 is 0.980 bits per heavy atom. The van der Waals surface area contributed by atoms with E-state index in [1.54, 1.807) is 13.8 Å². The van der Waals surface area contributed by atoms with Crippen LogP contribution in [0.2, 0.25) is 0 Å². The van der Waals surface area contributed by atoms with Crippen LogP contribution in [-0.4, -0.2) is 98.7 Å². The SMILES string of the molecule is CC(C)OC(=O)[C@@H](N)CCC(=O)N1CCC(Nc2nc(NCc3cn(CCCNCCCNC4CCCCC4)nn3)nc3ccccc23)CC1. The number of benzene rings is 1. The third-order valence-electron chi connectivity index (χ3n) is 9.44. The predicted molar refractivity (Wildman–Crippen MR) is 196 cm³/mol. The van der Waals surface area contributed by atoms with Crippen molar-refractivity contribution in [2.75, 3.05) is 43.4 Å². The summed E-state index contributed by atoms with van der Waals surface area (Å²) in [4.78, 5) is 36.2. The molecule has 1 aromatic carbocycles. The molecule has 6 N–H and O–H groups in total. The number of carbonyl (C=O) groups excluding carboxylic acids is 2. The summed E-state index contributed by atoms with van der Waals surface area (Å²) in [6.07, 6.45) is 12.8. The molecular weight excluding hydrogens is 634 g/mol. The van der Waals surface area contributed by atoms with Gasteiger partial charge in [0.2, 0.25) is 11.9 Å². The first-order valence-corrected chi connectivity index (χ1v) is 18.7. The molecular formula is C36H57N11O3. The normalized spacial score (nSPS) is 16.5. The zero-order valence-electron chi connectivity index (χ0n) is 29.9. The van der Waals surface area contributed by atoms with E-state index in [4.69, 9.17) is 20.4 Å². The fourth-order valence-corrected chi connectivity index (χ4v) is 6.62. The van der Waals surface area contributed by atoms with Gasteiger partial charge in [0.05, 0.1) is 24.4 Å². The molecule has 50 heavy (non-hydrogen) atoms. The van der Waals surface area contributed by atoms with Crippen LogP contribution in [0.1, 0.15) is 90.2 Å². The summed E-state index contributed by atoms with van der Waals surface area (Å²) in [5, 5.41) is 23.8. The number of likely N-dealkylation sites (tertiary alicyclic amines) is 1. The standard InChI is InChI=1S/C36H57N11O3/c1-26(2)50-35(49)31(37)14-15-33(48)46-22-16-28(17-23-46)41-34-30-12-6-7-13-32(30)42-36(43-34)40-24-29-25-47(45-44-29)21-9-19-38-18-8-20-39-27-10-4-3-5-11-27/h6-7,12-13,25-28,31,38-39H,3-5,8-11,14-24,37H2,1-2H3,(H2,40,41,42,43)/t31-/m0/s1. The van der Waals surface area contributed by atoms with Crippen molar-refractivity contribution < 1.29 is 14.3 Å². The van der Waals surface area contributed by atoms with Gasteiger partial charge in [-0.2, -0.15) is 4.98 Å². The van der Waals surface area contributed by atoms with Crippen LogP contribution in [0.15, 0.2) is 30.5 Å². The zero-order chi connectivity index (χ0) is 35.1. The third kappa shape index (κ3) is 11.9. The number of ether oxygens (including phenoxy) is 1. The van der Waals surface area contributed by atoms with Gasteiger partial charge in [-0.1, -0.05) is 36.6 Å². The largest absolute Gasteiger partial charge is 0.462 e. The molecule has 0 bridgehead atoms. The molecule has 5 rings (SSSR count). The maximum Gasteiger partial charge on any atom is 0.323 e. The van der Waals surface area contributed by atoms with Gasteiger partial charge in [-0.05, 0) is 90.6 Å². The minimum Gasteiger partial charge on any atom is -0.462 e. The number of hydrogen-bond donors (Lipinski definition) is 5. The smallest absolute Gasteiger partial charge is 0.323 e. The number of hydrogen-bond acceptors (Lipinski definition) is 12. The number of carbonyl (C=O) groups is 2. The first-order valence-electron chi connectivity index (χ1n) is 18.7. The van der Waals surface area contributed by atoms with Crippen molar-refractivity contribution in [2.24, 2.45) is 5.73 Å². The van der Waals surface area contributed by atoms with Crippen LogP contribution in [0.4, 0.5) is 11.8 Å². The van der Waals surface area contributed by atoms with E-state index in [2.05, 4.69) is 31.6 Å². The van der Waals surface area contributed by atoms with E-state index >= 15 is 0 Å². The monoisotopic (exact) mass is 691 g/mol. The van der Waals surface area contributed by atoms with E-state index in [1.807, 2.05) is 40.0 Å². The van der Waals surface area contributed by atoms with Crippen LogP contribution in [0, 0.1) is 0 Å². The van der Waals surface area contributed by atoms with Crippen LogP contribution in [0.5, 0.6) is 0 Å². The van der Waals surface area contributed by atoms with Crippen molar-refractivity contribution in [1.82, 2.24) is 40.5 Å². The van der Waals surface area contributed by atoms with Gasteiger partial charge in [0.25, 0.3) is 0 Å². The van der Waals surface area contributed by atoms with Gasteiger partial charge in [0.15, 0.2) is 0 Å². The Morgan fingerprint density at radius 2 is 1.76 bits per heavy atom. The molecule has 274 valence electrons. The molecule has 2 aliphatic rings. The summed E-state index contributed by atoms with van der Waals surface area (Å²) in [6, 6.07) is 8.04. The quantitative estimate of drug-likeness (QED) is 0.0914. The van der Waals surface area contributed by atoms with Crippen molar-refractivity contribution in [2.45, 2.75) is 122 Å². The topological polar surface area (TPSA) is 177 Å². The number of aryl methyl sites for hydroxylation is 1. The molecule has 14 heteroatoms. The van der Waals surface area contributed by atoms with Crippen LogP contribution < -0.4 is 27.0 Å². The lowest BCUT2D eigenvalue weighted by Crippen LogP contribution is -2.43. The zero-order valence-corrected chi connectivity index (χ0v) is 29.9. The molecule has 14 nitrogen and oxygen atoms in total. The fraction of sp³-hybridized carbons (Fsp3) is 0.667. The van der Waals surface area contributed by atoms with Gasteiger partial charge in [0.1, 0.15) is 17.6 Å². The lowest BCUT2D eigenvalue weighted by molar-refractivity contribution is -0.149. The fourth-order valence-electron chi connectivity index (χ4n) is 6.62. The molecule has 3 aromatic rings. The van der Waals surface area contributed by atoms with Gasteiger partial charge in [-0.15, -0.1) is 5.10 Å². The number of piperidine rings is 1. The summed E-state index contributed by atoms with van der Waals surface area (Å²) in [6.45, 7) is 9.16. The van der Waals surface area contributed by atoms with Gasteiger partial charge in [0, 0.05) is 43.5 Å². The summed E-state index contributed by atoms with van der Waals surface area (Å²) >= 11 is 0. The third-order valence-corrected chi connectivity index (χ3v) is 9.44. The van der Waals surface area contributed by atoms with Crippen molar-refractivity contribution in [1.29, 1.82) is 0 Å². The van der Waals surface area contributed by atoms with Crippen molar-refractivity contribution in [3.63, 3.8) is 0 Å². The molecule has 1 saturated heterocycles. The van der Waals surface area contributed by atoms with Gasteiger partial charge >= 0.3 is 5.97 Å². The number of aromatic nitrogens is 5. The highest BCUT2D eigenvalue weighted by Gasteiger charge is 2.25. The van der Waals surface area contributed by atoms with E-state index in [0.717, 1.165) is 80.3 Å². The number of nitrogens with one attached hydrogen (secondary N) is 4. The van der Waals surface area contributed by atoms with Crippen LogP contribution in [0.25, 0.3) is 10.9 Å². The molecule has 3 heterocycles. The highest BCUT2D eigenvalue weighted by molar-refractivity contribution is 5.90. The number of anilines is 2. The average Bonchev–Trinajstić information content (AvgIpc) is 3.58. The number of fused-ring (bicyclic) bond motifs is 1. The number of nitrogens with zero attached hydrogens (tertiary/aromatic N) is 6. The molecule has 1 aliphatic carbocycles. The summed E-state index contributed by atoms with van der Waals surface area (Å²) in [5.74, 6) is 0.827. The lowest BCUT2D eigenvalue weighted by Gasteiger charge is -2.33. The van der Waals surface area contributed by atoms with Crippen LogP contribution in [-0.2, 0) is 27.4 Å². The molecule has 0 spiro atoms. The first-order chi connectivity index (χ1) is 24.3. The second-order valence-electron chi connectivity index (χ2n) is 13.9. The Kier molecular flexibility index (Phi) is 14.6. The molecule has 0 radical (unpaired) electrons. The Balaban J connectivity index is 1.03. The van der Waals surface area contributed by atoms with Gasteiger partial charge in [-0.25, -0.2) is 4.98 Å². The minimum atomic E-state index is -0.790. The maximum atomic E-state index is 12.8. The Morgan fingerprint density at radius 3 is 2.56 bits per heavy atom. The summed E-state index contributed by atoms with van der Waals surface area (Å²) in [5.41, 5.74) is 7.60. The van der Waals surface area contributed by atoms with Gasteiger partial charge < -0.3 is 36.6 Å². The highest BCUT2D eigenvalue weighted by Crippen LogP contribution is 2.25. The number of rotatable bonds is 19. The average molecular weight is 692 g/mol. The van der Waals surface area contributed by atoms with E-state index in [-0.39, 0.29) is 30.9 Å². The maximum absolute atomic E-state index is 12.8. The minimum absolute atomic E-state index is 0.0109. The number of amides is 1. The van der Waals surface area contributed by atoms with Crippen molar-refractivity contribution in [3.05, 3.63) is 36.2 Å². The molecule has 1 aliphatic heterocycles. The van der Waals surface area contributed by atoms with Gasteiger partial charge in [-0.3, -0.25) is 14.3 Å². The molecule has 0 unspecified atom stereocenters. The number of para-hydroxylation sites is 1. The summed E-state index contributed by atoms with van der Waals surface area (Å²) < 4.78 is 7.05. The molecule has 1 atom stereocenters. The molecule has 1 saturated carbocycles.